The van der Waals surface area contributed by atoms with Crippen molar-refractivity contribution in [3.05, 3.63) is 24.4 Å². The lowest BCUT2D eigenvalue weighted by molar-refractivity contribution is 1.39. The molecule has 0 fully saturated rings. The summed E-state index contributed by atoms with van der Waals surface area (Å²) in [6, 6.07) is 0. The first kappa shape index (κ1) is 7.95. The number of nitrogens with zero attached hydrogens (tertiary/aromatic N) is 1. The lowest BCUT2D eigenvalue weighted by atomic mass is 10.3. The van der Waals surface area contributed by atoms with Crippen LogP contribution in [0.4, 0.5) is 0 Å². The molecule has 0 heterocycles. The highest BCUT2D eigenvalue weighted by Gasteiger charge is 1.75. The molecule has 9 heavy (non-hydrogen) atoms. The topological polar surface area (TPSA) is 38.4 Å². The maximum Gasteiger partial charge on any atom is 0.0957 e. The Labute approximate surface area is 55.8 Å². The van der Waals surface area contributed by atoms with Gasteiger partial charge in [0.1, 0.15) is 0 Å². The van der Waals surface area contributed by atoms with Gasteiger partial charge in [0.05, 0.1) is 5.84 Å². The van der Waals surface area contributed by atoms with E-state index in [1.807, 2.05) is 6.92 Å². The van der Waals surface area contributed by atoms with E-state index in [0.29, 0.717) is 5.84 Å². The van der Waals surface area contributed by atoms with Gasteiger partial charge in [0.25, 0.3) is 0 Å². The Hall–Kier alpha value is -1.05. The molecule has 0 saturated heterocycles. The fourth-order valence-electron chi connectivity index (χ4n) is 0.256. The van der Waals surface area contributed by atoms with E-state index >= 15 is 0 Å². The molecule has 0 saturated carbocycles. The zero-order chi connectivity index (χ0) is 7.28. The number of aliphatic imine (C=N–C) groups is 1. The van der Waals surface area contributed by atoms with E-state index in [9.17, 15) is 0 Å². The first-order valence-electron chi connectivity index (χ1n) is 2.76. The maximum atomic E-state index is 5.27. The van der Waals surface area contributed by atoms with E-state index in [0.717, 1.165) is 5.57 Å². The molecule has 0 aliphatic rings. The predicted molar refractivity (Wildman–Crippen MR) is 41.3 cm³/mol. The molecule has 0 aliphatic carbocycles. The molecule has 2 nitrogen and oxygen atoms in total. The molecule has 0 amide bonds. The summed E-state index contributed by atoms with van der Waals surface area (Å²) in [5.41, 5.74) is 6.28. The van der Waals surface area contributed by atoms with E-state index in [1.54, 1.807) is 19.2 Å². The number of nitrogens with two attached hydrogens (primary N) is 1. The van der Waals surface area contributed by atoms with Crippen molar-refractivity contribution in [1.82, 2.24) is 0 Å². The van der Waals surface area contributed by atoms with Crippen LogP contribution < -0.4 is 5.73 Å². The van der Waals surface area contributed by atoms with Crippen molar-refractivity contribution in [1.29, 1.82) is 0 Å². The van der Waals surface area contributed by atoms with Gasteiger partial charge in [0.15, 0.2) is 0 Å². The van der Waals surface area contributed by atoms with Crippen molar-refractivity contribution in [3.8, 4) is 0 Å². The number of hydrogen-bond donors (Lipinski definition) is 1. The van der Waals surface area contributed by atoms with Crippen LogP contribution in [0.15, 0.2) is 29.4 Å². The fourth-order valence-corrected chi connectivity index (χ4v) is 0.256. The van der Waals surface area contributed by atoms with Gasteiger partial charge in [-0.2, -0.15) is 0 Å². The third-order valence-corrected chi connectivity index (χ3v) is 0.794. The van der Waals surface area contributed by atoms with Gasteiger partial charge in [0, 0.05) is 6.20 Å². The molecule has 0 spiro atoms. The molecule has 2 N–H and O–H groups in total. The Bertz CT molecular complexity index is 150. The molecular formula is C7H12N2. The van der Waals surface area contributed by atoms with E-state index < -0.39 is 0 Å². The molecule has 0 aromatic carbocycles. The van der Waals surface area contributed by atoms with Crippen molar-refractivity contribution in [2.45, 2.75) is 13.8 Å². The number of rotatable bonds is 2. The monoisotopic (exact) mass is 124 g/mol. The van der Waals surface area contributed by atoms with Gasteiger partial charge < -0.3 is 5.73 Å². The van der Waals surface area contributed by atoms with E-state index in [2.05, 4.69) is 11.6 Å². The summed E-state index contributed by atoms with van der Waals surface area (Å²) < 4.78 is 0. The van der Waals surface area contributed by atoms with Crippen LogP contribution in [0.25, 0.3) is 0 Å². The van der Waals surface area contributed by atoms with Gasteiger partial charge in [-0.15, -0.1) is 0 Å². The average Bonchev–Trinajstić information content (AvgIpc) is 1.83. The van der Waals surface area contributed by atoms with E-state index in [-0.39, 0.29) is 0 Å². The molecular weight excluding hydrogens is 112 g/mol. The predicted octanol–water partition coefficient (Wildman–Crippen LogP) is 1.45. The van der Waals surface area contributed by atoms with Crippen LogP contribution in [0.2, 0.25) is 0 Å². The molecule has 0 bridgehead atoms. The highest BCUT2D eigenvalue weighted by molar-refractivity contribution is 5.78. The Morgan fingerprint density at radius 2 is 2.11 bits per heavy atom. The van der Waals surface area contributed by atoms with Crippen LogP contribution in [0, 0.1) is 0 Å². The van der Waals surface area contributed by atoms with Crippen molar-refractivity contribution in [3.63, 3.8) is 0 Å². The minimum Gasteiger partial charge on any atom is -0.387 e. The van der Waals surface area contributed by atoms with Crippen LogP contribution in [-0.2, 0) is 0 Å². The fraction of sp³-hybridized carbons (Fsp3) is 0.286. The summed E-state index contributed by atoms with van der Waals surface area (Å²) >= 11 is 0. The van der Waals surface area contributed by atoms with E-state index in [4.69, 9.17) is 5.73 Å². The number of allylic oxidation sites excluding steroid dienone is 2. The quantitative estimate of drug-likeness (QED) is 0.338. The van der Waals surface area contributed by atoms with Crippen molar-refractivity contribution < 1.29 is 0 Å². The second kappa shape index (κ2) is 3.89. The molecule has 0 unspecified atom stereocenters. The Kier molecular flexibility index (Phi) is 3.44. The molecule has 0 aromatic rings. The summed E-state index contributed by atoms with van der Waals surface area (Å²) in [4.78, 5) is 3.86. The Morgan fingerprint density at radius 3 is 2.44 bits per heavy atom. The first-order chi connectivity index (χ1) is 4.16. The number of amidine groups is 1. The van der Waals surface area contributed by atoms with Gasteiger partial charge in [-0.1, -0.05) is 12.7 Å². The van der Waals surface area contributed by atoms with Gasteiger partial charge >= 0.3 is 0 Å². The molecule has 0 atom stereocenters. The third-order valence-electron chi connectivity index (χ3n) is 0.794. The molecule has 2 heteroatoms. The van der Waals surface area contributed by atoms with Gasteiger partial charge in [-0.3, -0.25) is 0 Å². The summed E-state index contributed by atoms with van der Waals surface area (Å²) in [5.74, 6) is 0.566. The minimum atomic E-state index is 0.566. The molecule has 0 aliphatic heterocycles. The molecule has 0 rings (SSSR count). The zero-order valence-electron chi connectivity index (χ0n) is 5.89. The lowest BCUT2D eigenvalue weighted by Gasteiger charge is -1.86. The lowest BCUT2D eigenvalue weighted by Crippen LogP contribution is -2.03. The van der Waals surface area contributed by atoms with Crippen LogP contribution in [0.3, 0.4) is 0 Å². The molecule has 0 aromatic heterocycles. The Morgan fingerprint density at radius 1 is 1.56 bits per heavy atom. The van der Waals surface area contributed by atoms with Crippen LogP contribution in [0.5, 0.6) is 0 Å². The largest absolute Gasteiger partial charge is 0.387 e. The normalized spacial score (nSPS) is 13.6. The smallest absolute Gasteiger partial charge is 0.0957 e. The molecule has 0 radical (unpaired) electrons. The Balaban J connectivity index is 3.98. The minimum absolute atomic E-state index is 0.566. The standard InChI is InChI=1S/C7H12N2/c1-4-6(2)5-9-7(3)8/h4-5H,1H2,2-3H3,(H2,8,9)/b6-5-. The van der Waals surface area contributed by atoms with E-state index in [1.165, 1.54) is 0 Å². The maximum absolute atomic E-state index is 5.27. The van der Waals surface area contributed by atoms with Gasteiger partial charge in [0.2, 0.25) is 0 Å². The highest BCUT2D eigenvalue weighted by Crippen LogP contribution is 1.91. The average molecular weight is 124 g/mol. The van der Waals surface area contributed by atoms with Crippen LogP contribution in [-0.4, -0.2) is 5.84 Å². The third kappa shape index (κ3) is 4.81. The summed E-state index contributed by atoms with van der Waals surface area (Å²) in [6.07, 6.45) is 3.41. The van der Waals surface area contributed by atoms with Crippen LogP contribution >= 0.6 is 0 Å². The van der Waals surface area contributed by atoms with Gasteiger partial charge in [-0.25, -0.2) is 4.99 Å². The SMILES string of the molecule is C=C/C(C)=C\N=C(C)N. The second-order valence-corrected chi connectivity index (χ2v) is 1.85. The van der Waals surface area contributed by atoms with Crippen molar-refractivity contribution >= 4 is 5.84 Å². The summed E-state index contributed by atoms with van der Waals surface area (Å²) in [6.45, 7) is 7.22. The molecule has 50 valence electrons. The van der Waals surface area contributed by atoms with Crippen molar-refractivity contribution in [2.75, 3.05) is 0 Å². The summed E-state index contributed by atoms with van der Waals surface area (Å²) in [5, 5.41) is 0. The number of hydrogen-bond acceptors (Lipinski definition) is 1. The highest BCUT2D eigenvalue weighted by atomic mass is 14.8. The zero-order valence-corrected chi connectivity index (χ0v) is 5.89. The second-order valence-electron chi connectivity index (χ2n) is 1.85. The van der Waals surface area contributed by atoms with Gasteiger partial charge in [-0.05, 0) is 19.4 Å². The summed E-state index contributed by atoms with van der Waals surface area (Å²) in [7, 11) is 0. The van der Waals surface area contributed by atoms with Crippen LogP contribution in [0.1, 0.15) is 13.8 Å². The van der Waals surface area contributed by atoms with Crippen molar-refractivity contribution in [2.24, 2.45) is 10.7 Å². The first-order valence-corrected chi connectivity index (χ1v) is 2.76.